The molecule has 0 spiro atoms. The summed E-state index contributed by atoms with van der Waals surface area (Å²) in [6, 6.07) is 5.54. The van der Waals surface area contributed by atoms with E-state index in [0.29, 0.717) is 5.69 Å². The third-order valence-corrected chi connectivity index (χ3v) is 1.87. The van der Waals surface area contributed by atoms with Crippen LogP contribution >= 0.6 is 0 Å². The van der Waals surface area contributed by atoms with Crippen molar-refractivity contribution in [3.05, 3.63) is 40.8 Å². The zero-order valence-corrected chi connectivity index (χ0v) is 7.14. The summed E-state index contributed by atoms with van der Waals surface area (Å²) in [6.07, 6.45) is 1.40. The molecule has 0 aromatic carbocycles. The van der Waals surface area contributed by atoms with E-state index in [1.165, 1.54) is 35.0 Å². The van der Waals surface area contributed by atoms with Gasteiger partial charge in [-0.2, -0.15) is 0 Å². The van der Waals surface area contributed by atoms with Crippen LogP contribution in [-0.4, -0.2) is 19.8 Å². The molecular formula is C9H8N2O3. The highest BCUT2D eigenvalue weighted by molar-refractivity contribution is 5.40. The third-order valence-electron chi connectivity index (χ3n) is 1.87. The van der Waals surface area contributed by atoms with E-state index in [4.69, 9.17) is 0 Å². The molecule has 0 amide bonds. The number of hydrogen-bond donors (Lipinski definition) is 3. The summed E-state index contributed by atoms with van der Waals surface area (Å²) in [7, 11) is 0. The lowest BCUT2D eigenvalue weighted by atomic mass is 10.4. The first-order valence-corrected chi connectivity index (χ1v) is 3.97. The summed E-state index contributed by atoms with van der Waals surface area (Å²) in [4.78, 5) is 13.2. The van der Waals surface area contributed by atoms with Crippen molar-refractivity contribution in [2.45, 2.75) is 0 Å². The van der Waals surface area contributed by atoms with Crippen LogP contribution in [0.25, 0.3) is 5.69 Å². The van der Waals surface area contributed by atoms with Crippen LogP contribution in [0.1, 0.15) is 0 Å². The molecule has 72 valence electrons. The molecule has 14 heavy (non-hydrogen) atoms. The van der Waals surface area contributed by atoms with Crippen molar-refractivity contribution in [3.63, 3.8) is 0 Å². The Morgan fingerprint density at radius 2 is 1.71 bits per heavy atom. The van der Waals surface area contributed by atoms with E-state index >= 15 is 0 Å². The highest BCUT2D eigenvalue weighted by Crippen LogP contribution is 2.25. The van der Waals surface area contributed by atoms with Crippen LogP contribution in [0.3, 0.4) is 0 Å². The molecule has 0 atom stereocenters. The Kier molecular flexibility index (Phi) is 1.78. The number of H-pyrrole nitrogens is 1. The Morgan fingerprint density at radius 3 is 2.21 bits per heavy atom. The monoisotopic (exact) mass is 192 g/mol. The van der Waals surface area contributed by atoms with Crippen molar-refractivity contribution in [1.82, 2.24) is 9.55 Å². The van der Waals surface area contributed by atoms with Crippen molar-refractivity contribution >= 4 is 0 Å². The highest BCUT2D eigenvalue weighted by Gasteiger charge is 2.07. The number of aromatic hydroxyl groups is 2. The van der Waals surface area contributed by atoms with E-state index in [0.717, 1.165) is 0 Å². The molecule has 0 aliphatic heterocycles. The van der Waals surface area contributed by atoms with Gasteiger partial charge in [0.2, 0.25) is 5.56 Å². The molecule has 0 bridgehead atoms. The quantitative estimate of drug-likeness (QED) is 0.618. The molecule has 5 nitrogen and oxygen atoms in total. The van der Waals surface area contributed by atoms with Crippen LogP contribution in [0.15, 0.2) is 35.3 Å². The fourth-order valence-electron chi connectivity index (χ4n) is 1.22. The molecule has 0 unspecified atom stereocenters. The number of aromatic amines is 1. The number of pyridine rings is 1. The van der Waals surface area contributed by atoms with E-state index in [-0.39, 0.29) is 17.3 Å². The predicted octanol–water partition coefficient (Wildman–Crippen LogP) is 0.577. The first-order chi connectivity index (χ1) is 6.68. The van der Waals surface area contributed by atoms with Gasteiger partial charge in [-0.05, 0) is 6.07 Å². The minimum atomic E-state index is -0.236. The van der Waals surface area contributed by atoms with Gasteiger partial charge >= 0.3 is 0 Å². The van der Waals surface area contributed by atoms with Gasteiger partial charge in [0, 0.05) is 24.4 Å². The maximum Gasteiger partial charge on any atom is 0.248 e. The average Bonchev–Trinajstić information content (AvgIpc) is 2.49. The van der Waals surface area contributed by atoms with Crippen molar-refractivity contribution in [2.75, 3.05) is 0 Å². The molecule has 2 heterocycles. The molecule has 3 N–H and O–H groups in total. The summed E-state index contributed by atoms with van der Waals surface area (Å²) in [6.45, 7) is 0. The van der Waals surface area contributed by atoms with Crippen molar-refractivity contribution in [1.29, 1.82) is 0 Å². The highest BCUT2D eigenvalue weighted by atomic mass is 16.3. The largest absolute Gasteiger partial charge is 0.494 e. The van der Waals surface area contributed by atoms with Gasteiger partial charge in [-0.1, -0.05) is 0 Å². The van der Waals surface area contributed by atoms with E-state index in [2.05, 4.69) is 4.98 Å². The summed E-state index contributed by atoms with van der Waals surface area (Å²) in [5, 5.41) is 18.7. The maximum absolute atomic E-state index is 10.8. The van der Waals surface area contributed by atoms with E-state index in [9.17, 15) is 15.0 Å². The Bertz CT molecular complexity index is 473. The van der Waals surface area contributed by atoms with Gasteiger partial charge in [0.1, 0.15) is 0 Å². The van der Waals surface area contributed by atoms with Crippen LogP contribution in [0.5, 0.6) is 11.8 Å². The summed E-state index contributed by atoms with van der Waals surface area (Å²) < 4.78 is 1.20. The molecule has 0 fully saturated rings. The molecule has 0 radical (unpaired) electrons. The fourth-order valence-corrected chi connectivity index (χ4v) is 1.22. The van der Waals surface area contributed by atoms with Gasteiger partial charge < -0.3 is 15.2 Å². The zero-order chi connectivity index (χ0) is 10.1. The fraction of sp³-hybridized carbons (Fsp3) is 0. The summed E-state index contributed by atoms with van der Waals surface area (Å²) in [5.41, 5.74) is 0.254. The number of nitrogens with one attached hydrogen (secondary N) is 1. The van der Waals surface area contributed by atoms with Gasteiger partial charge in [0.25, 0.3) is 0 Å². The van der Waals surface area contributed by atoms with Gasteiger partial charge in [0.05, 0.1) is 5.69 Å². The lowest BCUT2D eigenvalue weighted by Crippen LogP contribution is -2.04. The van der Waals surface area contributed by atoms with E-state index < -0.39 is 0 Å². The van der Waals surface area contributed by atoms with E-state index in [1.54, 1.807) is 0 Å². The van der Waals surface area contributed by atoms with Crippen LogP contribution in [-0.2, 0) is 0 Å². The van der Waals surface area contributed by atoms with Crippen LogP contribution in [0.4, 0.5) is 0 Å². The van der Waals surface area contributed by atoms with Crippen LogP contribution < -0.4 is 5.56 Å². The van der Waals surface area contributed by atoms with Gasteiger partial charge in [-0.15, -0.1) is 0 Å². The second kappa shape index (κ2) is 2.95. The van der Waals surface area contributed by atoms with Crippen molar-refractivity contribution < 1.29 is 10.2 Å². The summed E-state index contributed by atoms with van der Waals surface area (Å²) >= 11 is 0. The zero-order valence-electron chi connectivity index (χ0n) is 7.14. The lowest BCUT2D eigenvalue weighted by Gasteiger charge is -2.04. The molecule has 0 saturated heterocycles. The molecule has 2 aromatic heterocycles. The number of nitrogens with zero attached hydrogens (tertiary/aromatic N) is 1. The van der Waals surface area contributed by atoms with Crippen LogP contribution in [0, 0.1) is 0 Å². The van der Waals surface area contributed by atoms with Crippen molar-refractivity contribution in [2.24, 2.45) is 0 Å². The standard InChI is InChI=1S/C9H8N2O3/c12-7-2-1-6(5-10-7)11-8(13)3-4-9(11)14/h1-5,13-14H,(H,10,12). The van der Waals surface area contributed by atoms with E-state index in [1.807, 2.05) is 0 Å². The second-order valence-corrected chi connectivity index (χ2v) is 2.80. The minimum absolute atomic E-state index is 0.0884. The molecule has 2 rings (SSSR count). The number of hydrogen-bond acceptors (Lipinski definition) is 3. The second-order valence-electron chi connectivity index (χ2n) is 2.80. The number of rotatable bonds is 1. The molecule has 5 heteroatoms. The Hall–Kier alpha value is -2.17. The topological polar surface area (TPSA) is 78.2 Å². The number of aromatic nitrogens is 2. The first kappa shape index (κ1) is 8.43. The molecular weight excluding hydrogens is 184 g/mol. The third kappa shape index (κ3) is 1.24. The SMILES string of the molecule is O=c1ccc(-n2c(O)ccc2O)c[nH]1. The Labute approximate surface area is 78.9 Å². The molecule has 0 aliphatic carbocycles. The average molecular weight is 192 g/mol. The predicted molar refractivity (Wildman–Crippen MR) is 49.7 cm³/mol. The molecule has 0 aliphatic rings. The maximum atomic E-state index is 10.8. The Morgan fingerprint density at radius 1 is 1.07 bits per heavy atom. The molecule has 0 saturated carbocycles. The van der Waals surface area contributed by atoms with Gasteiger partial charge in [-0.3, -0.25) is 9.36 Å². The van der Waals surface area contributed by atoms with Crippen LogP contribution in [0.2, 0.25) is 0 Å². The first-order valence-electron chi connectivity index (χ1n) is 3.97. The summed E-state index contributed by atoms with van der Waals surface area (Å²) in [5.74, 6) is -0.177. The Balaban J connectivity index is 2.60. The van der Waals surface area contributed by atoms with Crippen molar-refractivity contribution in [3.8, 4) is 17.4 Å². The normalized spacial score (nSPS) is 10.3. The smallest absolute Gasteiger partial charge is 0.248 e. The van der Waals surface area contributed by atoms with Gasteiger partial charge in [0.15, 0.2) is 11.8 Å². The van der Waals surface area contributed by atoms with Gasteiger partial charge in [-0.25, -0.2) is 0 Å². The molecule has 2 aromatic rings. The lowest BCUT2D eigenvalue weighted by molar-refractivity contribution is 0.402. The minimum Gasteiger partial charge on any atom is -0.494 e.